The summed E-state index contributed by atoms with van der Waals surface area (Å²) in [5.41, 5.74) is 5.74. The van der Waals surface area contributed by atoms with E-state index >= 15 is 0 Å². The number of hydrogen-bond acceptors (Lipinski definition) is 5. The first kappa shape index (κ1) is 14.5. The third-order valence-electron chi connectivity index (χ3n) is 3.47. The molecule has 7 heteroatoms. The molecule has 0 radical (unpaired) electrons. The molecule has 0 aliphatic carbocycles. The predicted molar refractivity (Wildman–Crippen MR) is 76.0 cm³/mol. The summed E-state index contributed by atoms with van der Waals surface area (Å²) < 4.78 is 23.6. The van der Waals surface area contributed by atoms with Gasteiger partial charge >= 0.3 is 0 Å². The minimum Gasteiger partial charge on any atom is -0.366 e. The van der Waals surface area contributed by atoms with Crippen LogP contribution in [0.5, 0.6) is 0 Å². The zero-order valence-electron chi connectivity index (χ0n) is 10.8. The minimum absolute atomic E-state index is 0.211. The number of nitrogens with two attached hydrogens (primary N) is 1. The molecule has 1 fully saturated rings. The molecule has 19 heavy (non-hydrogen) atoms. The maximum absolute atomic E-state index is 11.8. The van der Waals surface area contributed by atoms with E-state index in [1.807, 2.05) is 0 Å². The van der Waals surface area contributed by atoms with Gasteiger partial charge in [0.15, 0.2) is 9.84 Å². The van der Waals surface area contributed by atoms with Crippen LogP contribution in [0.15, 0.2) is 11.4 Å². The molecule has 1 atom stereocenters. The molecule has 5 nitrogen and oxygen atoms in total. The largest absolute Gasteiger partial charge is 0.366 e. The summed E-state index contributed by atoms with van der Waals surface area (Å²) in [4.78, 5) is 14.2. The van der Waals surface area contributed by atoms with E-state index in [2.05, 4.69) is 4.90 Å². The van der Waals surface area contributed by atoms with Crippen LogP contribution in [0.4, 0.5) is 0 Å². The summed E-state index contributed by atoms with van der Waals surface area (Å²) in [6, 6.07) is 1.79. The van der Waals surface area contributed by atoms with Crippen molar-refractivity contribution in [3.8, 4) is 0 Å². The van der Waals surface area contributed by atoms with Crippen molar-refractivity contribution in [3.05, 3.63) is 21.9 Å². The van der Waals surface area contributed by atoms with E-state index in [-0.39, 0.29) is 11.0 Å². The van der Waals surface area contributed by atoms with Gasteiger partial charge in [-0.3, -0.25) is 9.69 Å². The van der Waals surface area contributed by atoms with Crippen LogP contribution in [-0.4, -0.2) is 43.3 Å². The molecule has 1 aliphatic heterocycles. The predicted octanol–water partition coefficient (Wildman–Crippen LogP) is 0.856. The third kappa shape index (κ3) is 3.55. The van der Waals surface area contributed by atoms with Crippen molar-refractivity contribution in [2.24, 2.45) is 5.73 Å². The highest BCUT2D eigenvalue weighted by molar-refractivity contribution is 7.92. The van der Waals surface area contributed by atoms with Gasteiger partial charge in [-0.15, -0.1) is 11.3 Å². The molecule has 106 valence electrons. The van der Waals surface area contributed by atoms with Crippen LogP contribution in [0.3, 0.4) is 0 Å². The number of amides is 1. The van der Waals surface area contributed by atoms with Gasteiger partial charge < -0.3 is 5.73 Å². The van der Waals surface area contributed by atoms with Crippen LogP contribution in [0.25, 0.3) is 0 Å². The molecule has 1 amide bonds. The normalized spacial score (nSPS) is 23.9. The number of thiophene rings is 1. The molecule has 0 aromatic carbocycles. The van der Waals surface area contributed by atoms with Gasteiger partial charge in [-0.05, 0) is 26.0 Å². The summed E-state index contributed by atoms with van der Waals surface area (Å²) in [7, 11) is -2.94. The highest BCUT2D eigenvalue weighted by Crippen LogP contribution is 2.19. The van der Waals surface area contributed by atoms with Crippen LogP contribution >= 0.6 is 11.3 Å². The maximum Gasteiger partial charge on any atom is 0.249 e. The van der Waals surface area contributed by atoms with Gasteiger partial charge in [0, 0.05) is 23.3 Å². The van der Waals surface area contributed by atoms with E-state index in [4.69, 9.17) is 5.73 Å². The molecule has 2 rings (SSSR count). The highest BCUT2D eigenvalue weighted by atomic mass is 32.2. The van der Waals surface area contributed by atoms with Crippen molar-refractivity contribution in [1.29, 1.82) is 0 Å². The molecule has 1 aromatic heterocycles. The Balaban J connectivity index is 2.01. The zero-order chi connectivity index (χ0) is 14.0. The summed E-state index contributed by atoms with van der Waals surface area (Å²) in [6.45, 7) is 3.77. The molecule has 0 spiro atoms. The Morgan fingerprint density at radius 2 is 2.26 bits per heavy atom. The van der Waals surface area contributed by atoms with Gasteiger partial charge in [-0.25, -0.2) is 8.42 Å². The zero-order valence-corrected chi connectivity index (χ0v) is 12.5. The van der Waals surface area contributed by atoms with E-state index in [1.54, 1.807) is 18.4 Å². The van der Waals surface area contributed by atoms with E-state index in [9.17, 15) is 13.2 Å². The average Bonchev–Trinajstić information content (AvgIpc) is 2.76. The summed E-state index contributed by atoms with van der Waals surface area (Å²) in [5.74, 6) is -0.211. The van der Waals surface area contributed by atoms with Gasteiger partial charge in [0.1, 0.15) is 0 Å². The Labute approximate surface area is 117 Å². The lowest BCUT2D eigenvalue weighted by atomic mass is 10.2. The van der Waals surface area contributed by atoms with Crippen LogP contribution in [0.2, 0.25) is 0 Å². The Morgan fingerprint density at radius 1 is 1.53 bits per heavy atom. The Kier molecular flexibility index (Phi) is 4.27. The minimum atomic E-state index is -2.94. The number of hydrogen-bond donors (Lipinski definition) is 1. The first-order chi connectivity index (χ1) is 8.88. The number of nitrogens with zero attached hydrogens (tertiary/aromatic N) is 1. The molecule has 0 saturated carbocycles. The quantitative estimate of drug-likeness (QED) is 0.898. The van der Waals surface area contributed by atoms with Crippen LogP contribution in [0, 0.1) is 0 Å². The van der Waals surface area contributed by atoms with Crippen molar-refractivity contribution >= 4 is 27.1 Å². The van der Waals surface area contributed by atoms with E-state index < -0.39 is 15.7 Å². The van der Waals surface area contributed by atoms with E-state index in [0.717, 1.165) is 11.4 Å². The second kappa shape index (κ2) is 5.60. The fraction of sp³-hybridized carbons (Fsp3) is 0.583. The highest BCUT2D eigenvalue weighted by Gasteiger charge is 2.26. The number of primary amides is 1. The fourth-order valence-electron chi connectivity index (χ4n) is 2.08. The standard InChI is InChI=1S/C12H18N2O3S2/c1-9-2-3-14(4-5-19(9,16)17)7-11-6-10(8-18-11)12(13)15/h6,8-9H,2-5,7H2,1H3,(H2,13,15)/t9-/m0/s1. The maximum atomic E-state index is 11.8. The van der Waals surface area contributed by atoms with Crippen LogP contribution < -0.4 is 5.73 Å². The number of carbonyl (C=O) groups is 1. The molecule has 0 bridgehead atoms. The van der Waals surface area contributed by atoms with Gasteiger partial charge in [0.25, 0.3) is 0 Å². The first-order valence-electron chi connectivity index (χ1n) is 6.19. The van der Waals surface area contributed by atoms with Crippen LogP contribution in [0.1, 0.15) is 28.6 Å². The van der Waals surface area contributed by atoms with E-state index in [1.165, 1.54) is 11.3 Å². The van der Waals surface area contributed by atoms with Gasteiger partial charge in [0.2, 0.25) is 5.91 Å². The Bertz CT molecular complexity index is 565. The fourth-order valence-corrected chi connectivity index (χ4v) is 4.38. The molecule has 1 saturated heterocycles. The molecular weight excluding hydrogens is 284 g/mol. The lowest BCUT2D eigenvalue weighted by molar-refractivity contribution is 0.100. The van der Waals surface area contributed by atoms with Crippen LogP contribution in [-0.2, 0) is 16.4 Å². The molecular formula is C12H18N2O3S2. The van der Waals surface area contributed by atoms with Gasteiger partial charge in [-0.2, -0.15) is 0 Å². The monoisotopic (exact) mass is 302 g/mol. The molecule has 2 heterocycles. The van der Waals surface area contributed by atoms with E-state index in [0.29, 0.717) is 25.1 Å². The smallest absolute Gasteiger partial charge is 0.249 e. The SMILES string of the molecule is C[C@H]1CCN(Cc2cc(C(N)=O)cs2)CCS1(=O)=O. The summed E-state index contributed by atoms with van der Waals surface area (Å²) >= 11 is 1.49. The van der Waals surface area contributed by atoms with Crippen molar-refractivity contribution in [1.82, 2.24) is 4.90 Å². The molecule has 2 N–H and O–H groups in total. The van der Waals surface area contributed by atoms with Crippen molar-refractivity contribution < 1.29 is 13.2 Å². The summed E-state index contributed by atoms with van der Waals surface area (Å²) in [6.07, 6.45) is 0.663. The summed E-state index contributed by atoms with van der Waals surface area (Å²) in [5, 5.41) is 1.48. The van der Waals surface area contributed by atoms with Crippen molar-refractivity contribution in [2.45, 2.75) is 25.1 Å². The van der Waals surface area contributed by atoms with Gasteiger partial charge in [-0.1, -0.05) is 0 Å². The number of sulfone groups is 1. The molecule has 0 unspecified atom stereocenters. The Hall–Kier alpha value is -0.920. The third-order valence-corrected chi connectivity index (χ3v) is 6.61. The molecule has 1 aromatic rings. The van der Waals surface area contributed by atoms with Gasteiger partial charge in [0.05, 0.1) is 16.6 Å². The second-order valence-electron chi connectivity index (χ2n) is 4.91. The van der Waals surface area contributed by atoms with Crippen molar-refractivity contribution in [3.63, 3.8) is 0 Å². The Morgan fingerprint density at radius 3 is 2.89 bits per heavy atom. The lowest BCUT2D eigenvalue weighted by Gasteiger charge is -2.17. The number of carbonyl (C=O) groups excluding carboxylic acids is 1. The number of rotatable bonds is 3. The first-order valence-corrected chi connectivity index (χ1v) is 8.79. The topological polar surface area (TPSA) is 80.5 Å². The average molecular weight is 302 g/mol. The molecule has 1 aliphatic rings. The van der Waals surface area contributed by atoms with Crippen molar-refractivity contribution in [2.75, 3.05) is 18.8 Å². The second-order valence-corrected chi connectivity index (χ2v) is 8.44. The lowest BCUT2D eigenvalue weighted by Crippen LogP contribution is -2.26.